The quantitative estimate of drug-likeness (QED) is 0.647. The zero-order valence-corrected chi connectivity index (χ0v) is 15.3. The molecular weight excluding hydrogens is 302 g/mol. The van der Waals surface area contributed by atoms with Crippen LogP contribution in [0, 0.1) is 20.8 Å². The first-order valence-corrected chi connectivity index (χ1v) is 9.14. The molecule has 0 radical (unpaired) electrons. The first-order chi connectivity index (χ1) is 12.1. The zero-order chi connectivity index (χ0) is 17.4. The minimum absolute atomic E-state index is 0.997. The van der Waals surface area contributed by atoms with Gasteiger partial charge in [0.15, 0.2) is 0 Å². The van der Waals surface area contributed by atoms with Gasteiger partial charge in [-0.3, -0.25) is 0 Å². The standard InChI is InChI=1S/C24H25N/c1-16-6-4-8-23(17(16)2)24-9-5-7-22(18(24)3)20-10-11-21-15-25-13-12-19(21)14-20/h4-11,14,25H,12-13,15H2,1-3H3. The molecule has 126 valence electrons. The van der Waals surface area contributed by atoms with Gasteiger partial charge in [0.2, 0.25) is 0 Å². The molecule has 1 heteroatoms. The summed E-state index contributed by atoms with van der Waals surface area (Å²) in [5, 5.41) is 3.45. The molecule has 0 saturated heterocycles. The fourth-order valence-corrected chi connectivity index (χ4v) is 3.93. The Labute approximate surface area is 150 Å². The van der Waals surface area contributed by atoms with Gasteiger partial charge < -0.3 is 5.32 Å². The molecule has 0 saturated carbocycles. The van der Waals surface area contributed by atoms with Crippen molar-refractivity contribution in [1.29, 1.82) is 0 Å². The van der Waals surface area contributed by atoms with Crippen molar-refractivity contribution in [2.24, 2.45) is 0 Å². The van der Waals surface area contributed by atoms with Crippen LogP contribution in [-0.2, 0) is 13.0 Å². The molecule has 1 nitrogen and oxygen atoms in total. The second-order valence-corrected chi connectivity index (χ2v) is 7.14. The van der Waals surface area contributed by atoms with E-state index in [2.05, 4.69) is 80.7 Å². The summed E-state index contributed by atoms with van der Waals surface area (Å²) in [6.45, 7) is 8.75. The van der Waals surface area contributed by atoms with Crippen molar-refractivity contribution in [2.45, 2.75) is 33.7 Å². The number of aryl methyl sites for hydroxylation is 1. The number of nitrogens with one attached hydrogen (secondary N) is 1. The Morgan fingerprint density at radius 1 is 0.720 bits per heavy atom. The van der Waals surface area contributed by atoms with Crippen molar-refractivity contribution in [3.05, 3.63) is 82.4 Å². The summed E-state index contributed by atoms with van der Waals surface area (Å²) in [4.78, 5) is 0. The van der Waals surface area contributed by atoms with Gasteiger partial charge in [0, 0.05) is 6.54 Å². The molecule has 0 amide bonds. The van der Waals surface area contributed by atoms with Gasteiger partial charge in [-0.25, -0.2) is 0 Å². The SMILES string of the molecule is Cc1cccc(-c2cccc(-c3ccc4c(c3)CCNC4)c2C)c1C. The maximum absolute atomic E-state index is 3.45. The molecule has 3 aromatic rings. The Balaban J connectivity index is 1.84. The highest BCUT2D eigenvalue weighted by Crippen LogP contribution is 2.35. The van der Waals surface area contributed by atoms with Crippen molar-refractivity contribution in [1.82, 2.24) is 5.32 Å². The van der Waals surface area contributed by atoms with E-state index in [4.69, 9.17) is 0 Å². The van der Waals surface area contributed by atoms with Gasteiger partial charge in [0.25, 0.3) is 0 Å². The minimum Gasteiger partial charge on any atom is -0.312 e. The van der Waals surface area contributed by atoms with E-state index in [-0.39, 0.29) is 0 Å². The summed E-state index contributed by atoms with van der Waals surface area (Å²) in [6, 6.07) is 20.3. The van der Waals surface area contributed by atoms with Crippen LogP contribution in [-0.4, -0.2) is 6.54 Å². The number of fused-ring (bicyclic) bond motifs is 1. The Morgan fingerprint density at radius 3 is 2.28 bits per heavy atom. The molecular formula is C24H25N. The van der Waals surface area contributed by atoms with Crippen LogP contribution >= 0.6 is 0 Å². The second kappa shape index (κ2) is 6.50. The van der Waals surface area contributed by atoms with Gasteiger partial charge in [0.1, 0.15) is 0 Å². The summed E-state index contributed by atoms with van der Waals surface area (Å²) in [5.41, 5.74) is 12.4. The molecule has 0 bridgehead atoms. The predicted octanol–water partition coefficient (Wildman–Crippen LogP) is 5.59. The van der Waals surface area contributed by atoms with Gasteiger partial charge in [0.05, 0.1) is 0 Å². The third-order valence-electron chi connectivity index (χ3n) is 5.63. The molecule has 25 heavy (non-hydrogen) atoms. The lowest BCUT2D eigenvalue weighted by Gasteiger charge is -2.19. The third-order valence-corrected chi connectivity index (χ3v) is 5.63. The van der Waals surface area contributed by atoms with E-state index in [1.54, 1.807) is 0 Å². The van der Waals surface area contributed by atoms with Crippen molar-refractivity contribution in [3.8, 4) is 22.3 Å². The molecule has 4 rings (SSSR count). The van der Waals surface area contributed by atoms with E-state index in [1.807, 2.05) is 0 Å². The fraction of sp³-hybridized carbons (Fsp3) is 0.250. The van der Waals surface area contributed by atoms with Crippen molar-refractivity contribution < 1.29 is 0 Å². The number of benzene rings is 3. The molecule has 0 atom stereocenters. The van der Waals surface area contributed by atoms with E-state index in [0.717, 1.165) is 19.5 Å². The minimum atomic E-state index is 0.997. The van der Waals surface area contributed by atoms with Crippen LogP contribution in [0.4, 0.5) is 0 Å². The Hall–Kier alpha value is -2.38. The molecule has 0 unspecified atom stereocenters. The van der Waals surface area contributed by atoms with Crippen molar-refractivity contribution in [2.75, 3.05) is 6.54 Å². The van der Waals surface area contributed by atoms with Crippen LogP contribution in [0.3, 0.4) is 0 Å². The van der Waals surface area contributed by atoms with Gasteiger partial charge in [-0.1, -0.05) is 54.6 Å². The van der Waals surface area contributed by atoms with E-state index in [9.17, 15) is 0 Å². The van der Waals surface area contributed by atoms with Crippen LogP contribution in [0.2, 0.25) is 0 Å². The average Bonchev–Trinajstić information content (AvgIpc) is 2.64. The van der Waals surface area contributed by atoms with Crippen molar-refractivity contribution in [3.63, 3.8) is 0 Å². The van der Waals surface area contributed by atoms with E-state index in [0.29, 0.717) is 0 Å². The van der Waals surface area contributed by atoms with Crippen LogP contribution in [0.25, 0.3) is 22.3 Å². The lowest BCUT2D eigenvalue weighted by molar-refractivity contribution is 0.644. The van der Waals surface area contributed by atoms with E-state index >= 15 is 0 Å². The summed E-state index contributed by atoms with van der Waals surface area (Å²) >= 11 is 0. The van der Waals surface area contributed by atoms with Gasteiger partial charge in [-0.05, 0) is 83.8 Å². The smallest absolute Gasteiger partial charge is 0.0208 e. The third kappa shape index (κ3) is 2.89. The van der Waals surface area contributed by atoms with Crippen LogP contribution in [0.5, 0.6) is 0 Å². The number of hydrogen-bond donors (Lipinski definition) is 1. The van der Waals surface area contributed by atoms with Gasteiger partial charge in [-0.2, -0.15) is 0 Å². The van der Waals surface area contributed by atoms with Crippen LogP contribution < -0.4 is 5.32 Å². The predicted molar refractivity (Wildman–Crippen MR) is 107 cm³/mol. The summed E-state index contributed by atoms with van der Waals surface area (Å²) < 4.78 is 0. The number of rotatable bonds is 2. The molecule has 1 aliphatic rings. The highest BCUT2D eigenvalue weighted by Gasteiger charge is 2.13. The summed E-state index contributed by atoms with van der Waals surface area (Å²) in [5.74, 6) is 0. The average molecular weight is 327 g/mol. The maximum Gasteiger partial charge on any atom is 0.0208 e. The lowest BCUT2D eigenvalue weighted by Crippen LogP contribution is -2.23. The van der Waals surface area contributed by atoms with Crippen LogP contribution in [0.1, 0.15) is 27.8 Å². The zero-order valence-electron chi connectivity index (χ0n) is 15.3. The second-order valence-electron chi connectivity index (χ2n) is 7.14. The molecule has 0 spiro atoms. The van der Waals surface area contributed by atoms with Gasteiger partial charge in [-0.15, -0.1) is 0 Å². The molecule has 0 aromatic heterocycles. The first-order valence-electron chi connectivity index (χ1n) is 9.14. The summed E-state index contributed by atoms with van der Waals surface area (Å²) in [6.07, 6.45) is 1.12. The Kier molecular flexibility index (Phi) is 4.19. The molecule has 1 aliphatic heterocycles. The molecule has 1 heterocycles. The molecule has 0 fully saturated rings. The summed E-state index contributed by atoms with van der Waals surface area (Å²) in [7, 11) is 0. The van der Waals surface area contributed by atoms with E-state index in [1.165, 1.54) is 50.1 Å². The topological polar surface area (TPSA) is 12.0 Å². The fourth-order valence-electron chi connectivity index (χ4n) is 3.93. The molecule has 0 aliphatic carbocycles. The highest BCUT2D eigenvalue weighted by molar-refractivity contribution is 5.80. The van der Waals surface area contributed by atoms with Crippen LogP contribution in [0.15, 0.2) is 54.6 Å². The Bertz CT molecular complexity index is 937. The first kappa shape index (κ1) is 16.1. The van der Waals surface area contributed by atoms with Gasteiger partial charge >= 0.3 is 0 Å². The monoisotopic (exact) mass is 327 g/mol. The molecule has 1 N–H and O–H groups in total. The maximum atomic E-state index is 3.45. The highest BCUT2D eigenvalue weighted by atomic mass is 14.9. The Morgan fingerprint density at radius 2 is 1.44 bits per heavy atom. The van der Waals surface area contributed by atoms with E-state index < -0.39 is 0 Å². The van der Waals surface area contributed by atoms with Crippen molar-refractivity contribution >= 4 is 0 Å². The normalized spacial score (nSPS) is 13.6. The lowest BCUT2D eigenvalue weighted by atomic mass is 9.88. The molecule has 3 aromatic carbocycles. The largest absolute Gasteiger partial charge is 0.312 e. The number of hydrogen-bond acceptors (Lipinski definition) is 1.